The fourth-order valence-corrected chi connectivity index (χ4v) is 1.70. The Kier molecular flexibility index (Phi) is 4.63. The minimum Gasteiger partial charge on any atom is -0.507 e. The minimum absolute atomic E-state index is 0.219. The van der Waals surface area contributed by atoms with Crippen LogP contribution in [-0.2, 0) is 0 Å². The lowest BCUT2D eigenvalue weighted by Gasteiger charge is -2.09. The van der Waals surface area contributed by atoms with Gasteiger partial charge in [0.1, 0.15) is 22.1 Å². The number of benzene rings is 1. The first kappa shape index (κ1) is 13.6. The van der Waals surface area contributed by atoms with E-state index in [9.17, 15) is 20.1 Å². The summed E-state index contributed by atoms with van der Waals surface area (Å²) in [5, 5.41) is 28.1. The normalized spacial score (nSPS) is 10.5. The van der Waals surface area contributed by atoms with Crippen molar-refractivity contribution in [1.82, 2.24) is 0 Å². The third-order valence-corrected chi connectivity index (χ3v) is 2.86. The Morgan fingerprint density at radius 1 is 1.24 bits per heavy atom. The molecule has 0 spiro atoms. The molecule has 0 fully saturated rings. The van der Waals surface area contributed by atoms with Gasteiger partial charge in [-0.2, -0.15) is 0 Å². The zero-order valence-corrected chi connectivity index (χ0v) is 10.3. The Morgan fingerprint density at radius 2 is 1.88 bits per heavy atom. The summed E-state index contributed by atoms with van der Waals surface area (Å²) in [5.41, 5.74) is -0.219. The van der Waals surface area contributed by atoms with Crippen molar-refractivity contribution in [2.45, 2.75) is 32.6 Å². The Balaban J connectivity index is 2.97. The molecule has 0 saturated heterocycles. The summed E-state index contributed by atoms with van der Waals surface area (Å²) in [5.74, 6) is -1.85. The first-order valence-corrected chi connectivity index (χ1v) is 5.83. The van der Waals surface area contributed by atoms with Crippen LogP contribution in [0, 0.1) is 0 Å². The van der Waals surface area contributed by atoms with E-state index in [-0.39, 0.29) is 22.8 Å². The van der Waals surface area contributed by atoms with E-state index in [1.165, 1.54) is 0 Å². The SMILES string of the molecule is CCCCCC(=O)c1c(O)cc(O)c(Cl)c1O. The smallest absolute Gasteiger partial charge is 0.170 e. The molecular formula is C12H15ClO4. The number of halogens is 1. The molecule has 0 heterocycles. The van der Waals surface area contributed by atoms with Gasteiger partial charge in [0, 0.05) is 12.5 Å². The number of rotatable bonds is 5. The van der Waals surface area contributed by atoms with Crippen molar-refractivity contribution in [1.29, 1.82) is 0 Å². The van der Waals surface area contributed by atoms with E-state index < -0.39 is 17.2 Å². The van der Waals surface area contributed by atoms with Gasteiger partial charge in [0.25, 0.3) is 0 Å². The molecule has 1 aromatic rings. The van der Waals surface area contributed by atoms with Crippen LogP contribution >= 0.6 is 11.6 Å². The molecule has 0 bridgehead atoms. The number of phenols is 3. The van der Waals surface area contributed by atoms with E-state index in [2.05, 4.69) is 0 Å². The molecule has 0 saturated carbocycles. The van der Waals surface area contributed by atoms with Gasteiger partial charge in [-0.05, 0) is 6.42 Å². The highest BCUT2D eigenvalue weighted by molar-refractivity contribution is 6.34. The summed E-state index contributed by atoms with van der Waals surface area (Å²) in [4.78, 5) is 11.8. The summed E-state index contributed by atoms with van der Waals surface area (Å²) in [6.45, 7) is 2.01. The molecule has 0 amide bonds. The standard InChI is InChI=1S/C12H15ClO4/c1-2-3-4-5-7(14)10-8(15)6-9(16)11(13)12(10)17/h6,15-17H,2-5H2,1H3. The number of aromatic hydroxyl groups is 3. The van der Waals surface area contributed by atoms with Crippen LogP contribution in [0.5, 0.6) is 17.2 Å². The molecule has 17 heavy (non-hydrogen) atoms. The third kappa shape index (κ3) is 3.03. The van der Waals surface area contributed by atoms with Crippen LogP contribution in [0.1, 0.15) is 43.0 Å². The van der Waals surface area contributed by atoms with Gasteiger partial charge in [-0.3, -0.25) is 4.79 Å². The first-order chi connectivity index (χ1) is 7.99. The van der Waals surface area contributed by atoms with Gasteiger partial charge in [0.15, 0.2) is 11.5 Å². The monoisotopic (exact) mass is 258 g/mol. The highest BCUT2D eigenvalue weighted by atomic mass is 35.5. The number of hydrogen-bond donors (Lipinski definition) is 3. The van der Waals surface area contributed by atoms with E-state index in [4.69, 9.17) is 11.6 Å². The molecule has 0 aliphatic carbocycles. The average Bonchev–Trinajstić information content (AvgIpc) is 2.26. The maximum Gasteiger partial charge on any atom is 0.170 e. The van der Waals surface area contributed by atoms with E-state index in [0.29, 0.717) is 6.42 Å². The van der Waals surface area contributed by atoms with E-state index in [1.807, 2.05) is 6.92 Å². The number of unbranched alkanes of at least 4 members (excludes halogenated alkanes) is 2. The van der Waals surface area contributed by atoms with Gasteiger partial charge in [-0.25, -0.2) is 0 Å². The van der Waals surface area contributed by atoms with E-state index in [1.54, 1.807) is 0 Å². The topological polar surface area (TPSA) is 77.8 Å². The molecule has 0 atom stereocenters. The van der Waals surface area contributed by atoms with Gasteiger partial charge < -0.3 is 15.3 Å². The molecular weight excluding hydrogens is 244 g/mol. The van der Waals surface area contributed by atoms with Crippen molar-refractivity contribution in [3.63, 3.8) is 0 Å². The van der Waals surface area contributed by atoms with Crippen molar-refractivity contribution in [3.05, 3.63) is 16.7 Å². The molecule has 5 heteroatoms. The fraction of sp³-hybridized carbons (Fsp3) is 0.417. The second-order valence-corrected chi connectivity index (χ2v) is 4.21. The zero-order chi connectivity index (χ0) is 13.0. The zero-order valence-electron chi connectivity index (χ0n) is 9.53. The van der Waals surface area contributed by atoms with Crippen molar-refractivity contribution in [3.8, 4) is 17.2 Å². The lowest BCUT2D eigenvalue weighted by Crippen LogP contribution is -2.00. The minimum atomic E-state index is -0.564. The van der Waals surface area contributed by atoms with Crippen LogP contribution in [0.25, 0.3) is 0 Å². The van der Waals surface area contributed by atoms with Gasteiger partial charge in [0.2, 0.25) is 0 Å². The van der Waals surface area contributed by atoms with Crippen LogP contribution in [-0.4, -0.2) is 21.1 Å². The Morgan fingerprint density at radius 3 is 2.47 bits per heavy atom. The van der Waals surface area contributed by atoms with Crippen LogP contribution in [0.3, 0.4) is 0 Å². The predicted molar refractivity (Wildman–Crippen MR) is 64.9 cm³/mol. The van der Waals surface area contributed by atoms with Gasteiger partial charge in [-0.1, -0.05) is 31.4 Å². The Bertz CT molecular complexity index is 429. The lowest BCUT2D eigenvalue weighted by molar-refractivity contribution is 0.0974. The summed E-state index contributed by atoms with van der Waals surface area (Å²) in [6.07, 6.45) is 2.80. The number of hydrogen-bond acceptors (Lipinski definition) is 4. The summed E-state index contributed by atoms with van der Waals surface area (Å²) >= 11 is 5.60. The maximum absolute atomic E-state index is 11.8. The van der Waals surface area contributed by atoms with Gasteiger partial charge in [0.05, 0.1) is 0 Å². The molecule has 1 rings (SSSR count). The summed E-state index contributed by atoms with van der Waals surface area (Å²) < 4.78 is 0. The molecule has 1 aromatic carbocycles. The predicted octanol–water partition coefficient (Wildman–Crippen LogP) is 3.22. The van der Waals surface area contributed by atoms with Crippen LogP contribution in [0.4, 0.5) is 0 Å². The van der Waals surface area contributed by atoms with Crippen molar-refractivity contribution >= 4 is 17.4 Å². The molecule has 0 unspecified atom stereocenters. The first-order valence-electron chi connectivity index (χ1n) is 5.45. The quantitative estimate of drug-likeness (QED) is 0.560. The van der Waals surface area contributed by atoms with Crippen molar-refractivity contribution < 1.29 is 20.1 Å². The highest BCUT2D eigenvalue weighted by Crippen LogP contribution is 2.41. The highest BCUT2D eigenvalue weighted by Gasteiger charge is 2.21. The summed E-state index contributed by atoms with van der Waals surface area (Å²) in [7, 11) is 0. The molecule has 0 aliphatic heterocycles. The maximum atomic E-state index is 11.8. The molecule has 0 aliphatic rings. The number of phenolic OH excluding ortho intramolecular Hbond substituents is 3. The Labute approximate surface area is 104 Å². The molecule has 3 N–H and O–H groups in total. The van der Waals surface area contributed by atoms with E-state index in [0.717, 1.165) is 18.9 Å². The third-order valence-electron chi connectivity index (χ3n) is 2.49. The second kappa shape index (κ2) is 5.77. The van der Waals surface area contributed by atoms with Crippen LogP contribution in [0.2, 0.25) is 5.02 Å². The van der Waals surface area contributed by atoms with E-state index >= 15 is 0 Å². The molecule has 0 radical (unpaired) electrons. The summed E-state index contributed by atoms with van der Waals surface area (Å²) in [6, 6.07) is 0.953. The van der Waals surface area contributed by atoms with Gasteiger partial charge >= 0.3 is 0 Å². The fourth-order valence-electron chi connectivity index (χ4n) is 1.55. The number of Topliss-reactive ketones (excluding diaryl/α,β-unsaturated/α-hetero) is 1. The van der Waals surface area contributed by atoms with Crippen LogP contribution < -0.4 is 0 Å². The second-order valence-electron chi connectivity index (χ2n) is 3.83. The van der Waals surface area contributed by atoms with Crippen molar-refractivity contribution in [2.75, 3.05) is 0 Å². The Hall–Kier alpha value is -1.42. The van der Waals surface area contributed by atoms with Crippen molar-refractivity contribution in [2.24, 2.45) is 0 Å². The number of carbonyl (C=O) groups excluding carboxylic acids is 1. The molecule has 94 valence electrons. The van der Waals surface area contributed by atoms with Crippen LogP contribution in [0.15, 0.2) is 6.07 Å². The number of carbonyl (C=O) groups is 1. The largest absolute Gasteiger partial charge is 0.507 e. The molecule has 0 aromatic heterocycles. The van der Waals surface area contributed by atoms with Gasteiger partial charge in [-0.15, -0.1) is 0 Å². The average molecular weight is 259 g/mol. The number of ketones is 1. The molecule has 4 nitrogen and oxygen atoms in total. The lowest BCUT2D eigenvalue weighted by atomic mass is 10.0.